The molecule has 2 aromatic rings. The van der Waals surface area contributed by atoms with Crippen LogP contribution in [0.1, 0.15) is 5.76 Å². The molecule has 17 heavy (non-hydrogen) atoms. The Morgan fingerprint density at radius 3 is 2.24 bits per heavy atom. The highest BCUT2D eigenvalue weighted by atomic mass is 79.9. The fraction of sp³-hybridized carbons (Fsp3) is 0.0909. The first kappa shape index (κ1) is 12.6. The molecule has 0 spiro atoms. The Morgan fingerprint density at radius 2 is 1.71 bits per heavy atom. The molecule has 0 unspecified atom stereocenters. The van der Waals surface area contributed by atoms with Gasteiger partial charge in [-0.3, -0.25) is 0 Å². The van der Waals surface area contributed by atoms with Crippen LogP contribution in [0.2, 0.25) is 0 Å². The van der Waals surface area contributed by atoms with E-state index in [1.54, 1.807) is 6.07 Å². The third kappa shape index (κ3) is 3.29. The highest BCUT2D eigenvalue weighted by Crippen LogP contribution is 2.27. The molecule has 2 nitrogen and oxygen atoms in total. The van der Waals surface area contributed by atoms with E-state index >= 15 is 0 Å². The van der Waals surface area contributed by atoms with Crippen LogP contribution in [0.15, 0.2) is 37.8 Å². The highest BCUT2D eigenvalue weighted by molar-refractivity contribution is 9.13. The molecule has 1 aromatic heterocycles. The van der Waals surface area contributed by atoms with Crippen molar-refractivity contribution in [2.75, 3.05) is 5.32 Å². The van der Waals surface area contributed by atoms with Gasteiger partial charge in [0.2, 0.25) is 0 Å². The molecule has 1 N–H and O–H groups in total. The molecule has 0 aliphatic heterocycles. The minimum absolute atomic E-state index is 0.340. The van der Waals surface area contributed by atoms with E-state index < -0.39 is 11.6 Å². The van der Waals surface area contributed by atoms with E-state index in [-0.39, 0.29) is 0 Å². The summed E-state index contributed by atoms with van der Waals surface area (Å²) in [7, 11) is 0. The largest absolute Gasteiger partial charge is 0.451 e. The van der Waals surface area contributed by atoms with Gasteiger partial charge in [0.1, 0.15) is 17.4 Å². The molecule has 0 saturated heterocycles. The van der Waals surface area contributed by atoms with Crippen LogP contribution in [0.3, 0.4) is 0 Å². The Kier molecular flexibility index (Phi) is 3.83. The third-order valence-corrected chi connectivity index (χ3v) is 3.74. The first-order valence-electron chi connectivity index (χ1n) is 4.68. The van der Waals surface area contributed by atoms with Gasteiger partial charge in [-0.1, -0.05) is 0 Å². The van der Waals surface area contributed by atoms with Crippen LogP contribution in [-0.4, -0.2) is 0 Å². The molecule has 2 rings (SSSR count). The quantitative estimate of drug-likeness (QED) is 0.852. The second-order valence-electron chi connectivity index (χ2n) is 3.35. The van der Waals surface area contributed by atoms with E-state index in [0.717, 1.165) is 10.5 Å². The predicted molar refractivity (Wildman–Crippen MR) is 67.8 cm³/mol. The van der Waals surface area contributed by atoms with E-state index in [0.29, 0.717) is 22.7 Å². The molecule has 0 fully saturated rings. The maximum atomic E-state index is 12.9. The lowest BCUT2D eigenvalue weighted by Crippen LogP contribution is -1.99. The molecule has 90 valence electrons. The summed E-state index contributed by atoms with van der Waals surface area (Å²) >= 11 is 6.48. The standard InChI is InChI=1S/C11H7Br2F2NO/c12-10-4-9(17-11(10)13)5-16-8-2-6(14)1-7(15)3-8/h1-4,16H,5H2. The molecule has 6 heteroatoms. The van der Waals surface area contributed by atoms with Gasteiger partial charge < -0.3 is 9.73 Å². The fourth-order valence-corrected chi connectivity index (χ4v) is 1.98. The van der Waals surface area contributed by atoms with Crippen LogP contribution in [0.4, 0.5) is 14.5 Å². The van der Waals surface area contributed by atoms with E-state index in [4.69, 9.17) is 4.42 Å². The number of halogens is 4. The molecule has 1 aromatic carbocycles. The lowest BCUT2D eigenvalue weighted by Gasteiger charge is -2.04. The molecule has 0 saturated carbocycles. The fourth-order valence-electron chi connectivity index (χ4n) is 1.32. The minimum atomic E-state index is -0.616. The lowest BCUT2D eigenvalue weighted by molar-refractivity contribution is 0.494. The van der Waals surface area contributed by atoms with E-state index in [2.05, 4.69) is 37.2 Å². The summed E-state index contributed by atoms with van der Waals surface area (Å²) in [5, 5.41) is 2.87. The Bertz CT molecular complexity index is 503. The van der Waals surface area contributed by atoms with Crippen LogP contribution in [-0.2, 0) is 6.54 Å². The van der Waals surface area contributed by atoms with Crippen molar-refractivity contribution in [3.05, 3.63) is 50.8 Å². The van der Waals surface area contributed by atoms with Gasteiger partial charge in [-0.05, 0) is 50.1 Å². The monoisotopic (exact) mass is 365 g/mol. The molecule has 1 heterocycles. The Hall–Kier alpha value is -0.880. The van der Waals surface area contributed by atoms with Crippen molar-refractivity contribution in [2.45, 2.75) is 6.54 Å². The number of hydrogen-bond donors (Lipinski definition) is 1. The predicted octanol–water partition coefficient (Wildman–Crippen LogP) is 4.69. The van der Waals surface area contributed by atoms with Gasteiger partial charge in [0.05, 0.1) is 11.0 Å². The summed E-state index contributed by atoms with van der Waals surface area (Å²) < 4.78 is 32.5. The van der Waals surface area contributed by atoms with Gasteiger partial charge in [-0.25, -0.2) is 8.78 Å². The van der Waals surface area contributed by atoms with Crippen molar-refractivity contribution in [3.8, 4) is 0 Å². The molecule has 0 atom stereocenters. The normalized spacial score (nSPS) is 10.6. The summed E-state index contributed by atoms with van der Waals surface area (Å²) in [6.45, 7) is 0.340. The SMILES string of the molecule is Fc1cc(F)cc(NCc2cc(Br)c(Br)o2)c1. The number of benzene rings is 1. The van der Waals surface area contributed by atoms with Gasteiger partial charge in [0, 0.05) is 11.8 Å². The maximum Gasteiger partial charge on any atom is 0.183 e. The van der Waals surface area contributed by atoms with Crippen LogP contribution >= 0.6 is 31.9 Å². The second kappa shape index (κ2) is 5.18. The molecular weight excluding hydrogens is 360 g/mol. The average Bonchev–Trinajstić information content (AvgIpc) is 2.54. The highest BCUT2D eigenvalue weighted by Gasteiger charge is 2.06. The van der Waals surface area contributed by atoms with Gasteiger partial charge in [0.15, 0.2) is 4.67 Å². The number of furan rings is 1. The Balaban J connectivity index is 2.07. The molecular formula is C11H7Br2F2NO. The van der Waals surface area contributed by atoms with Crippen molar-refractivity contribution in [1.82, 2.24) is 0 Å². The minimum Gasteiger partial charge on any atom is -0.451 e. The number of anilines is 1. The number of nitrogens with one attached hydrogen (secondary N) is 1. The van der Waals surface area contributed by atoms with E-state index in [1.807, 2.05) is 0 Å². The number of hydrogen-bond acceptors (Lipinski definition) is 2. The summed E-state index contributed by atoms with van der Waals surface area (Å²) in [6, 6.07) is 5.03. The van der Waals surface area contributed by atoms with Crippen LogP contribution < -0.4 is 5.32 Å². The molecule has 0 aliphatic carbocycles. The van der Waals surface area contributed by atoms with E-state index in [1.165, 1.54) is 12.1 Å². The first-order chi connectivity index (χ1) is 8.04. The van der Waals surface area contributed by atoms with Crippen molar-refractivity contribution in [1.29, 1.82) is 0 Å². The van der Waals surface area contributed by atoms with Gasteiger partial charge in [0.25, 0.3) is 0 Å². The summed E-state index contributed by atoms with van der Waals surface area (Å²) in [5.41, 5.74) is 0.367. The lowest BCUT2D eigenvalue weighted by atomic mass is 10.3. The topological polar surface area (TPSA) is 25.2 Å². The van der Waals surface area contributed by atoms with Gasteiger partial charge in [-0.15, -0.1) is 0 Å². The van der Waals surface area contributed by atoms with Crippen LogP contribution in [0.5, 0.6) is 0 Å². The second-order valence-corrected chi connectivity index (χ2v) is 4.92. The smallest absolute Gasteiger partial charge is 0.183 e. The number of rotatable bonds is 3. The first-order valence-corrected chi connectivity index (χ1v) is 6.27. The van der Waals surface area contributed by atoms with Gasteiger partial charge in [-0.2, -0.15) is 0 Å². The average molecular weight is 367 g/mol. The van der Waals surface area contributed by atoms with Gasteiger partial charge >= 0.3 is 0 Å². The Labute approximate surface area is 113 Å². The zero-order chi connectivity index (χ0) is 12.4. The maximum absolute atomic E-state index is 12.9. The van der Waals surface area contributed by atoms with Crippen molar-refractivity contribution in [3.63, 3.8) is 0 Å². The Morgan fingerprint density at radius 1 is 1.06 bits per heavy atom. The summed E-state index contributed by atoms with van der Waals surface area (Å²) in [6.07, 6.45) is 0. The van der Waals surface area contributed by atoms with Crippen LogP contribution in [0, 0.1) is 11.6 Å². The van der Waals surface area contributed by atoms with Crippen molar-refractivity contribution >= 4 is 37.5 Å². The zero-order valence-electron chi connectivity index (χ0n) is 8.44. The van der Waals surface area contributed by atoms with E-state index in [9.17, 15) is 8.78 Å². The molecule has 0 radical (unpaired) electrons. The summed E-state index contributed by atoms with van der Waals surface area (Å²) in [4.78, 5) is 0. The third-order valence-electron chi connectivity index (χ3n) is 2.03. The zero-order valence-corrected chi connectivity index (χ0v) is 11.6. The molecule has 0 aliphatic rings. The van der Waals surface area contributed by atoms with Crippen LogP contribution in [0.25, 0.3) is 0 Å². The van der Waals surface area contributed by atoms with Crippen molar-refractivity contribution < 1.29 is 13.2 Å². The molecule has 0 bridgehead atoms. The summed E-state index contributed by atoms with van der Waals surface area (Å²) in [5.74, 6) is -0.586. The molecule has 0 amide bonds. The van der Waals surface area contributed by atoms with Crippen molar-refractivity contribution in [2.24, 2.45) is 0 Å².